The molecule has 1 aliphatic heterocycles. The second kappa shape index (κ2) is 7.70. The zero-order valence-corrected chi connectivity index (χ0v) is 17.6. The molecule has 1 aliphatic carbocycles. The highest BCUT2D eigenvalue weighted by Gasteiger charge is 2.42. The van der Waals surface area contributed by atoms with Crippen molar-refractivity contribution >= 4 is 16.9 Å². The van der Waals surface area contributed by atoms with E-state index < -0.39 is 0 Å². The van der Waals surface area contributed by atoms with Crippen LogP contribution in [0.15, 0.2) is 54.6 Å². The number of amides is 1. The van der Waals surface area contributed by atoms with Crippen LogP contribution >= 0.6 is 0 Å². The van der Waals surface area contributed by atoms with Gasteiger partial charge in [0.1, 0.15) is 11.3 Å². The Labute approximate surface area is 179 Å². The van der Waals surface area contributed by atoms with Crippen LogP contribution in [0, 0.1) is 5.41 Å². The van der Waals surface area contributed by atoms with Crippen molar-refractivity contribution in [2.45, 2.75) is 19.4 Å². The van der Waals surface area contributed by atoms with E-state index in [2.05, 4.69) is 33.2 Å². The van der Waals surface area contributed by atoms with E-state index in [0.717, 1.165) is 28.8 Å². The number of hydrogen-bond donors (Lipinski definition) is 2. The summed E-state index contributed by atoms with van der Waals surface area (Å²) in [7, 11) is 1.68. The predicted octanol–water partition coefficient (Wildman–Crippen LogP) is 3.29. The van der Waals surface area contributed by atoms with E-state index in [4.69, 9.17) is 9.47 Å². The van der Waals surface area contributed by atoms with E-state index in [1.807, 2.05) is 35.3 Å². The number of nitrogens with one attached hydrogen (secondary N) is 2. The van der Waals surface area contributed by atoms with Crippen LogP contribution in [0.25, 0.3) is 22.3 Å². The number of methoxy groups -OCH3 is 1. The lowest BCUT2D eigenvalue weighted by molar-refractivity contribution is -0.0358. The van der Waals surface area contributed by atoms with Crippen molar-refractivity contribution in [1.82, 2.24) is 25.1 Å². The molecule has 1 fully saturated rings. The Balaban J connectivity index is 1.44. The third-order valence-electron chi connectivity index (χ3n) is 6.23. The van der Waals surface area contributed by atoms with Gasteiger partial charge in [0.15, 0.2) is 0 Å². The van der Waals surface area contributed by atoms with E-state index in [9.17, 15) is 4.79 Å². The summed E-state index contributed by atoms with van der Waals surface area (Å²) in [6, 6.07) is 5.68. The second-order valence-corrected chi connectivity index (χ2v) is 8.27. The fourth-order valence-electron chi connectivity index (χ4n) is 4.46. The average Bonchev–Trinajstić information content (AvgIpc) is 3.48. The molecule has 0 bridgehead atoms. The molecule has 1 amide bonds. The van der Waals surface area contributed by atoms with Crippen molar-refractivity contribution in [3.05, 3.63) is 60.3 Å². The Morgan fingerprint density at radius 2 is 2.29 bits per heavy atom. The Bertz CT molecular complexity index is 1160. The van der Waals surface area contributed by atoms with Crippen LogP contribution in [0.4, 0.5) is 0 Å². The molecule has 2 atom stereocenters. The summed E-state index contributed by atoms with van der Waals surface area (Å²) < 4.78 is 11.3. The number of fused-ring (bicyclic) bond motifs is 1. The van der Waals surface area contributed by atoms with Gasteiger partial charge in [0.25, 0.3) is 5.91 Å². The molecule has 0 saturated carbocycles. The minimum absolute atomic E-state index is 0.0423. The van der Waals surface area contributed by atoms with Crippen LogP contribution in [0.1, 0.15) is 23.8 Å². The van der Waals surface area contributed by atoms with E-state index in [-0.39, 0.29) is 17.4 Å². The number of aromatic amines is 2. The Morgan fingerprint density at radius 3 is 3.10 bits per heavy atom. The third kappa shape index (κ3) is 3.53. The summed E-state index contributed by atoms with van der Waals surface area (Å²) in [6.07, 6.45) is 10.4. The van der Waals surface area contributed by atoms with E-state index >= 15 is 0 Å². The number of carbonyl (C=O) groups excluding carboxylic acids is 1. The number of rotatable bonds is 4. The van der Waals surface area contributed by atoms with Gasteiger partial charge in [-0.2, -0.15) is 5.10 Å². The molecule has 0 aromatic carbocycles. The Morgan fingerprint density at radius 1 is 1.39 bits per heavy atom. The SMILES string of the molecule is COC1=CC=CC(C)([C@@H]2COCCN2C(=O)c2cc3ccc(-c4cn[nH]c4)nc3[nH]2)C1. The van der Waals surface area contributed by atoms with Crippen LogP contribution in [0.2, 0.25) is 0 Å². The van der Waals surface area contributed by atoms with Gasteiger partial charge >= 0.3 is 0 Å². The molecule has 0 spiro atoms. The summed E-state index contributed by atoms with van der Waals surface area (Å²) in [5, 5.41) is 7.67. The van der Waals surface area contributed by atoms with Crippen molar-refractivity contribution in [3.63, 3.8) is 0 Å². The van der Waals surface area contributed by atoms with Crippen molar-refractivity contribution < 1.29 is 14.3 Å². The number of carbonyl (C=O) groups is 1. The Kier molecular flexibility index (Phi) is 4.86. The summed E-state index contributed by atoms with van der Waals surface area (Å²) >= 11 is 0. The van der Waals surface area contributed by atoms with Gasteiger partial charge in [-0.25, -0.2) is 4.98 Å². The molecule has 0 radical (unpaired) electrons. The van der Waals surface area contributed by atoms with E-state index in [0.29, 0.717) is 31.1 Å². The van der Waals surface area contributed by atoms with Gasteiger partial charge in [0.2, 0.25) is 0 Å². The number of hydrogen-bond acceptors (Lipinski definition) is 5. The van der Waals surface area contributed by atoms with Crippen molar-refractivity contribution in [3.8, 4) is 11.3 Å². The van der Waals surface area contributed by atoms with Gasteiger partial charge in [-0.15, -0.1) is 0 Å². The number of H-pyrrole nitrogens is 2. The molecule has 1 saturated heterocycles. The summed E-state index contributed by atoms with van der Waals surface area (Å²) in [4.78, 5) is 23.4. The molecule has 31 heavy (non-hydrogen) atoms. The maximum absolute atomic E-state index is 13.6. The molecule has 3 aromatic heterocycles. The number of morpholine rings is 1. The predicted molar refractivity (Wildman–Crippen MR) is 116 cm³/mol. The first kappa shape index (κ1) is 19.6. The lowest BCUT2D eigenvalue weighted by atomic mass is 9.75. The van der Waals surface area contributed by atoms with Crippen LogP contribution < -0.4 is 0 Å². The highest BCUT2D eigenvalue weighted by atomic mass is 16.5. The maximum atomic E-state index is 13.6. The van der Waals surface area contributed by atoms with Crippen LogP contribution in [0.5, 0.6) is 0 Å². The standard InChI is InChI=1S/C23H25N5O3/c1-23(7-3-4-17(11-23)30-2)20-14-31-9-8-28(20)22(29)19-10-15-5-6-18(26-21(15)27-19)16-12-24-25-13-16/h3-7,10,12-13,20H,8-9,11,14H2,1-2H3,(H,24,25)(H,26,27)/t20-,23?/m0/s1. The molecule has 1 unspecified atom stereocenters. The van der Waals surface area contributed by atoms with Gasteiger partial charge in [-0.05, 0) is 24.3 Å². The molecule has 2 aliphatic rings. The molecular formula is C23H25N5O3. The minimum Gasteiger partial charge on any atom is -0.501 e. The minimum atomic E-state index is -0.269. The van der Waals surface area contributed by atoms with Gasteiger partial charge < -0.3 is 19.4 Å². The summed E-state index contributed by atoms with van der Waals surface area (Å²) in [6.45, 7) is 3.71. The molecule has 8 nitrogen and oxygen atoms in total. The zero-order chi connectivity index (χ0) is 21.4. The maximum Gasteiger partial charge on any atom is 0.270 e. The molecule has 3 aromatic rings. The van der Waals surface area contributed by atoms with Crippen molar-refractivity contribution in [2.75, 3.05) is 26.9 Å². The highest BCUT2D eigenvalue weighted by Crippen LogP contribution is 2.39. The lowest BCUT2D eigenvalue weighted by Gasteiger charge is -2.45. The first-order valence-corrected chi connectivity index (χ1v) is 10.4. The molecule has 5 rings (SSSR count). The monoisotopic (exact) mass is 419 g/mol. The second-order valence-electron chi connectivity index (χ2n) is 8.27. The number of ether oxygens (including phenoxy) is 2. The Hall–Kier alpha value is -3.39. The third-order valence-corrected chi connectivity index (χ3v) is 6.23. The quantitative estimate of drug-likeness (QED) is 0.677. The normalized spacial score (nSPS) is 23.7. The van der Waals surface area contributed by atoms with Crippen LogP contribution in [0.3, 0.4) is 0 Å². The number of allylic oxidation sites excluding steroid dienone is 3. The lowest BCUT2D eigenvalue weighted by Crippen LogP contribution is -2.56. The first-order chi connectivity index (χ1) is 15.1. The van der Waals surface area contributed by atoms with E-state index in [1.165, 1.54) is 0 Å². The smallest absolute Gasteiger partial charge is 0.270 e. The van der Waals surface area contributed by atoms with Crippen molar-refractivity contribution in [2.24, 2.45) is 5.41 Å². The van der Waals surface area contributed by atoms with Crippen LogP contribution in [-0.2, 0) is 9.47 Å². The molecule has 2 N–H and O–H groups in total. The average molecular weight is 419 g/mol. The van der Waals surface area contributed by atoms with Gasteiger partial charge in [0, 0.05) is 35.5 Å². The molecule has 8 heteroatoms. The molecular weight excluding hydrogens is 394 g/mol. The molecule has 4 heterocycles. The van der Waals surface area contributed by atoms with Crippen LogP contribution in [-0.4, -0.2) is 63.9 Å². The fraction of sp³-hybridized carbons (Fsp3) is 0.348. The van der Waals surface area contributed by atoms with Gasteiger partial charge in [-0.3, -0.25) is 9.89 Å². The first-order valence-electron chi connectivity index (χ1n) is 10.4. The van der Waals surface area contributed by atoms with Gasteiger partial charge in [-0.1, -0.05) is 19.1 Å². The van der Waals surface area contributed by atoms with Crippen molar-refractivity contribution in [1.29, 1.82) is 0 Å². The van der Waals surface area contributed by atoms with E-state index in [1.54, 1.807) is 19.5 Å². The largest absolute Gasteiger partial charge is 0.501 e. The number of nitrogens with zero attached hydrogens (tertiary/aromatic N) is 3. The topological polar surface area (TPSA) is 96.1 Å². The zero-order valence-electron chi connectivity index (χ0n) is 17.6. The summed E-state index contributed by atoms with van der Waals surface area (Å²) in [5.41, 5.74) is 2.64. The summed E-state index contributed by atoms with van der Waals surface area (Å²) in [5.74, 6) is 0.865. The highest BCUT2D eigenvalue weighted by molar-refractivity contribution is 5.98. The number of pyridine rings is 1. The number of aromatic nitrogens is 4. The van der Waals surface area contributed by atoms with Gasteiger partial charge in [0.05, 0.1) is 44.0 Å². The molecule has 160 valence electrons. The fourth-order valence-corrected chi connectivity index (χ4v) is 4.46.